The number of aromatic nitrogens is 2. The quantitative estimate of drug-likeness (QED) is 0.543. The molecule has 0 radical (unpaired) electrons. The maximum atomic E-state index is 5.24. The van der Waals surface area contributed by atoms with E-state index in [1.807, 2.05) is 41.1 Å². The number of thioether (sulfide) groups is 1. The van der Waals surface area contributed by atoms with E-state index in [0.29, 0.717) is 0 Å². The van der Waals surface area contributed by atoms with Crippen molar-refractivity contribution in [3.8, 4) is 0 Å². The molecular weight excluding hydrogens is 212 g/mol. The van der Waals surface area contributed by atoms with E-state index in [1.54, 1.807) is 24.3 Å². The standard InChI is InChI=1S/C10H8N2S2/c13-10(12-7-6-11-8-12)14-9-4-2-1-3-5-9/h1-8H. The fourth-order valence-corrected chi connectivity index (χ4v) is 2.11. The molecule has 1 aromatic heterocycles. The van der Waals surface area contributed by atoms with Crippen molar-refractivity contribution in [3.05, 3.63) is 49.1 Å². The second-order valence-electron chi connectivity index (χ2n) is 2.65. The first-order valence-corrected chi connectivity index (χ1v) is 5.34. The number of benzene rings is 1. The summed E-state index contributed by atoms with van der Waals surface area (Å²) in [6, 6.07) is 10.1. The Labute approximate surface area is 92.0 Å². The van der Waals surface area contributed by atoms with Gasteiger partial charge >= 0.3 is 0 Å². The summed E-state index contributed by atoms with van der Waals surface area (Å²) >= 11 is 6.80. The van der Waals surface area contributed by atoms with Gasteiger partial charge in [-0.15, -0.1) is 0 Å². The molecule has 0 amide bonds. The summed E-state index contributed by atoms with van der Waals surface area (Å²) in [6.45, 7) is 0. The monoisotopic (exact) mass is 220 g/mol. The molecule has 0 unspecified atom stereocenters. The molecule has 0 saturated carbocycles. The summed E-state index contributed by atoms with van der Waals surface area (Å²) in [4.78, 5) is 5.09. The lowest BCUT2D eigenvalue weighted by Crippen LogP contribution is -2.00. The normalized spacial score (nSPS) is 10.0. The smallest absolute Gasteiger partial charge is 0.150 e. The maximum absolute atomic E-state index is 5.24. The summed E-state index contributed by atoms with van der Waals surface area (Å²) in [5.41, 5.74) is 0. The predicted molar refractivity (Wildman–Crippen MR) is 62.5 cm³/mol. The fourth-order valence-electron chi connectivity index (χ4n) is 1.01. The number of rotatable bonds is 1. The van der Waals surface area contributed by atoms with Crippen LogP contribution in [0, 0.1) is 0 Å². The topological polar surface area (TPSA) is 17.8 Å². The van der Waals surface area contributed by atoms with E-state index in [0.717, 1.165) is 9.22 Å². The van der Waals surface area contributed by atoms with Gasteiger partial charge in [-0.1, -0.05) is 42.2 Å². The molecule has 0 saturated heterocycles. The van der Waals surface area contributed by atoms with E-state index in [9.17, 15) is 0 Å². The largest absolute Gasteiger partial charge is 0.291 e. The zero-order valence-electron chi connectivity index (χ0n) is 7.33. The molecule has 2 rings (SSSR count). The van der Waals surface area contributed by atoms with Crippen LogP contribution in [0.25, 0.3) is 0 Å². The van der Waals surface area contributed by atoms with Gasteiger partial charge in [0, 0.05) is 17.3 Å². The van der Waals surface area contributed by atoms with E-state index in [-0.39, 0.29) is 0 Å². The predicted octanol–water partition coefficient (Wildman–Crippen LogP) is 2.81. The highest BCUT2D eigenvalue weighted by atomic mass is 32.2. The van der Waals surface area contributed by atoms with Gasteiger partial charge < -0.3 is 0 Å². The zero-order valence-corrected chi connectivity index (χ0v) is 8.96. The van der Waals surface area contributed by atoms with E-state index >= 15 is 0 Å². The summed E-state index contributed by atoms with van der Waals surface area (Å²) in [6.07, 6.45) is 5.27. The molecule has 0 N–H and O–H groups in total. The minimum absolute atomic E-state index is 0.786. The third-order valence-electron chi connectivity index (χ3n) is 1.66. The van der Waals surface area contributed by atoms with Crippen molar-refractivity contribution in [2.45, 2.75) is 4.90 Å². The van der Waals surface area contributed by atoms with Crippen molar-refractivity contribution >= 4 is 28.3 Å². The molecule has 0 spiro atoms. The Kier molecular flexibility index (Phi) is 2.96. The number of imidazole rings is 1. The molecule has 0 fully saturated rings. The van der Waals surface area contributed by atoms with Crippen LogP contribution >= 0.6 is 24.0 Å². The second-order valence-corrected chi connectivity index (χ2v) is 4.36. The van der Waals surface area contributed by atoms with Crippen LogP contribution in [0.5, 0.6) is 0 Å². The summed E-state index contributed by atoms with van der Waals surface area (Å²) in [5, 5.41) is 0. The first kappa shape index (κ1) is 9.43. The minimum atomic E-state index is 0.786. The first-order chi connectivity index (χ1) is 6.86. The van der Waals surface area contributed by atoms with Gasteiger partial charge in [-0.2, -0.15) is 0 Å². The van der Waals surface area contributed by atoms with Crippen LogP contribution in [0.3, 0.4) is 0 Å². The molecule has 2 nitrogen and oxygen atoms in total. The Bertz CT molecular complexity index is 409. The Morgan fingerprint density at radius 3 is 2.71 bits per heavy atom. The molecule has 1 heterocycles. The molecule has 0 aliphatic carbocycles. The maximum Gasteiger partial charge on any atom is 0.150 e. The highest BCUT2D eigenvalue weighted by molar-refractivity contribution is 8.23. The number of thiocarbonyl (C=S) groups is 1. The lowest BCUT2D eigenvalue weighted by atomic mass is 10.4. The van der Waals surface area contributed by atoms with E-state index < -0.39 is 0 Å². The van der Waals surface area contributed by atoms with Gasteiger partial charge in [-0.25, -0.2) is 4.98 Å². The number of nitrogens with zero attached hydrogens (tertiary/aromatic N) is 2. The van der Waals surface area contributed by atoms with Crippen molar-refractivity contribution in [2.75, 3.05) is 0 Å². The molecule has 0 bridgehead atoms. The van der Waals surface area contributed by atoms with Gasteiger partial charge in [0.15, 0.2) is 4.32 Å². The van der Waals surface area contributed by atoms with Crippen LogP contribution in [0.15, 0.2) is 53.9 Å². The van der Waals surface area contributed by atoms with Crippen LogP contribution < -0.4 is 0 Å². The third kappa shape index (κ3) is 2.21. The molecule has 0 aliphatic heterocycles. The van der Waals surface area contributed by atoms with Crippen LogP contribution in [-0.4, -0.2) is 13.9 Å². The van der Waals surface area contributed by atoms with Crippen LogP contribution in [0.1, 0.15) is 0 Å². The third-order valence-corrected chi connectivity index (χ3v) is 3.02. The molecule has 0 atom stereocenters. The molecule has 70 valence electrons. The SMILES string of the molecule is S=C(Sc1ccccc1)n1ccnc1. The van der Waals surface area contributed by atoms with Gasteiger partial charge in [0.1, 0.15) is 6.33 Å². The lowest BCUT2D eigenvalue weighted by molar-refractivity contribution is 1.18. The van der Waals surface area contributed by atoms with Crippen molar-refractivity contribution in [1.82, 2.24) is 9.55 Å². The van der Waals surface area contributed by atoms with Crippen LogP contribution in [-0.2, 0) is 0 Å². The first-order valence-electron chi connectivity index (χ1n) is 4.11. The fraction of sp³-hybridized carbons (Fsp3) is 0. The van der Waals surface area contributed by atoms with Gasteiger partial charge in [-0.05, 0) is 12.1 Å². The van der Waals surface area contributed by atoms with E-state index in [4.69, 9.17) is 12.2 Å². The summed E-state index contributed by atoms with van der Waals surface area (Å²) in [5.74, 6) is 0. The lowest BCUT2D eigenvalue weighted by Gasteiger charge is -2.02. The van der Waals surface area contributed by atoms with E-state index in [2.05, 4.69) is 4.98 Å². The average molecular weight is 220 g/mol. The average Bonchev–Trinajstić information content (AvgIpc) is 2.72. The molecule has 2 aromatic rings. The Morgan fingerprint density at radius 1 is 1.29 bits per heavy atom. The van der Waals surface area contributed by atoms with Gasteiger partial charge in [0.25, 0.3) is 0 Å². The summed E-state index contributed by atoms with van der Waals surface area (Å²) in [7, 11) is 0. The zero-order chi connectivity index (χ0) is 9.80. The van der Waals surface area contributed by atoms with Gasteiger partial charge in [0.05, 0.1) is 0 Å². The van der Waals surface area contributed by atoms with Crippen molar-refractivity contribution in [1.29, 1.82) is 0 Å². The summed E-state index contributed by atoms with van der Waals surface area (Å²) < 4.78 is 2.61. The Balaban J connectivity index is 2.10. The second kappa shape index (κ2) is 4.39. The van der Waals surface area contributed by atoms with Crippen LogP contribution in [0.2, 0.25) is 0 Å². The molecule has 14 heavy (non-hydrogen) atoms. The molecular formula is C10H8N2S2. The molecule has 1 aromatic carbocycles. The van der Waals surface area contributed by atoms with Crippen molar-refractivity contribution in [2.24, 2.45) is 0 Å². The highest BCUT2D eigenvalue weighted by Gasteiger charge is 2.00. The van der Waals surface area contributed by atoms with Crippen LogP contribution in [0.4, 0.5) is 0 Å². The van der Waals surface area contributed by atoms with Gasteiger partial charge in [-0.3, -0.25) is 4.57 Å². The molecule has 4 heteroatoms. The Morgan fingerprint density at radius 2 is 2.07 bits per heavy atom. The number of hydrogen-bond donors (Lipinski definition) is 0. The van der Waals surface area contributed by atoms with Gasteiger partial charge in [0.2, 0.25) is 0 Å². The minimum Gasteiger partial charge on any atom is -0.291 e. The van der Waals surface area contributed by atoms with Crippen molar-refractivity contribution in [3.63, 3.8) is 0 Å². The Hall–Kier alpha value is -1.13. The number of hydrogen-bond acceptors (Lipinski definition) is 3. The van der Waals surface area contributed by atoms with Crippen molar-refractivity contribution < 1.29 is 0 Å². The molecule has 0 aliphatic rings. The highest BCUT2D eigenvalue weighted by Crippen LogP contribution is 2.19. The van der Waals surface area contributed by atoms with E-state index in [1.165, 1.54) is 0 Å².